The van der Waals surface area contributed by atoms with E-state index in [9.17, 15) is 10.2 Å². The third-order valence-electron chi connectivity index (χ3n) is 11.8. The SMILES string of the molecule is C=C1CCC2C(C)(C)C(O)CCC2(C)C1CCC1C(=C)CCC2C(C)(C)C(O)CCC12C. The van der Waals surface area contributed by atoms with E-state index in [2.05, 4.69) is 54.7 Å². The molecule has 4 aliphatic rings. The lowest BCUT2D eigenvalue weighted by Crippen LogP contribution is -2.56. The zero-order valence-corrected chi connectivity index (χ0v) is 21.8. The Balaban J connectivity index is 1.57. The largest absolute Gasteiger partial charge is 0.393 e. The van der Waals surface area contributed by atoms with Crippen molar-refractivity contribution in [1.29, 1.82) is 0 Å². The number of fused-ring (bicyclic) bond motifs is 2. The molecule has 0 saturated heterocycles. The fraction of sp³-hybridized carbons (Fsp3) is 0.867. The second-order valence-electron chi connectivity index (χ2n) is 13.9. The lowest BCUT2D eigenvalue weighted by Gasteiger charge is -2.61. The summed E-state index contributed by atoms with van der Waals surface area (Å²) in [6, 6.07) is 0. The molecule has 2 heteroatoms. The summed E-state index contributed by atoms with van der Waals surface area (Å²) in [5.74, 6) is 2.23. The maximum atomic E-state index is 10.8. The molecule has 4 saturated carbocycles. The highest BCUT2D eigenvalue weighted by molar-refractivity contribution is 5.20. The van der Waals surface area contributed by atoms with E-state index in [4.69, 9.17) is 0 Å². The second kappa shape index (κ2) is 7.98. The quantitative estimate of drug-likeness (QED) is 0.450. The third-order valence-corrected chi connectivity index (χ3v) is 11.8. The van der Waals surface area contributed by atoms with Crippen LogP contribution >= 0.6 is 0 Å². The van der Waals surface area contributed by atoms with Gasteiger partial charge in [-0.1, -0.05) is 65.8 Å². The number of aliphatic hydroxyl groups excluding tert-OH is 2. The van der Waals surface area contributed by atoms with Crippen LogP contribution in [0.25, 0.3) is 0 Å². The van der Waals surface area contributed by atoms with Gasteiger partial charge >= 0.3 is 0 Å². The number of hydrogen-bond donors (Lipinski definition) is 2. The molecular formula is C30H50O2. The summed E-state index contributed by atoms with van der Waals surface area (Å²) in [6.45, 7) is 23.4. The van der Waals surface area contributed by atoms with Crippen molar-refractivity contribution in [3.8, 4) is 0 Å². The molecule has 4 rings (SSSR count). The minimum absolute atomic E-state index is 0.0129. The van der Waals surface area contributed by atoms with Crippen molar-refractivity contribution in [2.45, 2.75) is 118 Å². The average molecular weight is 443 g/mol. The molecule has 32 heavy (non-hydrogen) atoms. The van der Waals surface area contributed by atoms with Crippen LogP contribution in [-0.2, 0) is 0 Å². The summed E-state index contributed by atoms with van der Waals surface area (Å²) in [6.07, 6.45) is 10.7. The molecule has 0 aromatic rings. The summed E-state index contributed by atoms with van der Waals surface area (Å²) in [4.78, 5) is 0. The van der Waals surface area contributed by atoms with Crippen LogP contribution in [0, 0.1) is 45.3 Å². The van der Waals surface area contributed by atoms with E-state index in [1.54, 1.807) is 0 Å². The average Bonchev–Trinajstić information content (AvgIpc) is 2.69. The molecule has 182 valence electrons. The molecule has 0 aliphatic heterocycles. The van der Waals surface area contributed by atoms with E-state index in [1.165, 1.54) is 36.8 Å². The molecule has 0 aromatic heterocycles. The number of hydrogen-bond acceptors (Lipinski definition) is 2. The van der Waals surface area contributed by atoms with Gasteiger partial charge < -0.3 is 10.2 Å². The van der Waals surface area contributed by atoms with Gasteiger partial charge in [0.1, 0.15) is 0 Å². The van der Waals surface area contributed by atoms with Gasteiger partial charge in [-0.25, -0.2) is 0 Å². The van der Waals surface area contributed by atoms with E-state index in [0.29, 0.717) is 23.7 Å². The first-order valence-corrected chi connectivity index (χ1v) is 13.5. The van der Waals surface area contributed by atoms with Crippen LogP contribution in [0.4, 0.5) is 0 Å². The molecule has 2 N–H and O–H groups in total. The topological polar surface area (TPSA) is 40.5 Å². The highest BCUT2D eigenvalue weighted by Gasteiger charge is 2.58. The van der Waals surface area contributed by atoms with E-state index in [1.807, 2.05) is 0 Å². The molecule has 0 spiro atoms. The van der Waals surface area contributed by atoms with Gasteiger partial charge in [-0.15, -0.1) is 0 Å². The molecular weight excluding hydrogens is 392 g/mol. The van der Waals surface area contributed by atoms with Gasteiger partial charge in [0.05, 0.1) is 12.2 Å². The van der Waals surface area contributed by atoms with Crippen LogP contribution < -0.4 is 0 Å². The zero-order valence-electron chi connectivity index (χ0n) is 21.8. The Morgan fingerprint density at radius 1 is 0.656 bits per heavy atom. The maximum Gasteiger partial charge on any atom is 0.0594 e. The molecule has 4 fully saturated rings. The van der Waals surface area contributed by atoms with Crippen LogP contribution in [0.1, 0.15) is 106 Å². The highest BCUT2D eigenvalue weighted by Crippen LogP contribution is 2.64. The minimum atomic E-state index is -0.179. The summed E-state index contributed by atoms with van der Waals surface area (Å²) in [5.41, 5.74) is 3.38. The van der Waals surface area contributed by atoms with Gasteiger partial charge in [0.25, 0.3) is 0 Å². The van der Waals surface area contributed by atoms with E-state index >= 15 is 0 Å². The molecule has 0 radical (unpaired) electrons. The normalized spacial score (nSPS) is 48.1. The van der Waals surface area contributed by atoms with Gasteiger partial charge in [0.2, 0.25) is 0 Å². The maximum absolute atomic E-state index is 10.8. The predicted molar refractivity (Wildman–Crippen MR) is 134 cm³/mol. The molecule has 8 unspecified atom stereocenters. The number of rotatable bonds is 3. The van der Waals surface area contributed by atoms with Crippen LogP contribution in [0.3, 0.4) is 0 Å². The van der Waals surface area contributed by atoms with E-state index < -0.39 is 0 Å². The predicted octanol–water partition coefficient (Wildman–Crippen LogP) is 7.31. The Labute approximate surface area is 198 Å². The van der Waals surface area contributed by atoms with Crippen molar-refractivity contribution in [1.82, 2.24) is 0 Å². The first-order chi connectivity index (χ1) is 14.8. The van der Waals surface area contributed by atoms with Crippen molar-refractivity contribution in [2.75, 3.05) is 0 Å². The molecule has 0 heterocycles. The van der Waals surface area contributed by atoms with Gasteiger partial charge in [-0.05, 0) is 110 Å². The Kier molecular flexibility index (Phi) is 6.11. The Morgan fingerprint density at radius 3 is 1.34 bits per heavy atom. The first kappa shape index (κ1) is 24.5. The summed E-state index contributed by atoms with van der Waals surface area (Å²) in [5, 5.41) is 21.6. The number of allylic oxidation sites excluding steroid dienone is 2. The monoisotopic (exact) mass is 442 g/mol. The lowest BCUT2D eigenvalue weighted by molar-refractivity contribution is -0.134. The lowest BCUT2D eigenvalue weighted by atomic mass is 9.44. The van der Waals surface area contributed by atoms with Gasteiger partial charge in [0.15, 0.2) is 0 Å². The Hall–Kier alpha value is -0.600. The molecule has 0 aromatic carbocycles. The van der Waals surface area contributed by atoms with Crippen molar-refractivity contribution >= 4 is 0 Å². The zero-order chi connectivity index (χ0) is 23.7. The molecule has 0 amide bonds. The first-order valence-electron chi connectivity index (χ1n) is 13.5. The van der Waals surface area contributed by atoms with Crippen LogP contribution in [0.15, 0.2) is 24.3 Å². The summed E-state index contributed by atoms with van der Waals surface area (Å²) in [7, 11) is 0. The van der Waals surface area contributed by atoms with Crippen LogP contribution in [0.5, 0.6) is 0 Å². The summed E-state index contributed by atoms with van der Waals surface area (Å²) < 4.78 is 0. The fourth-order valence-corrected chi connectivity index (χ4v) is 9.73. The highest BCUT2D eigenvalue weighted by atomic mass is 16.3. The fourth-order valence-electron chi connectivity index (χ4n) is 9.73. The van der Waals surface area contributed by atoms with Gasteiger partial charge in [0, 0.05) is 0 Å². The van der Waals surface area contributed by atoms with E-state index in [-0.39, 0.29) is 33.9 Å². The minimum Gasteiger partial charge on any atom is -0.393 e. The van der Waals surface area contributed by atoms with Crippen molar-refractivity contribution in [3.63, 3.8) is 0 Å². The Morgan fingerprint density at radius 2 is 1.00 bits per heavy atom. The van der Waals surface area contributed by atoms with Crippen LogP contribution in [-0.4, -0.2) is 22.4 Å². The van der Waals surface area contributed by atoms with Gasteiger partial charge in [-0.2, -0.15) is 0 Å². The molecule has 2 nitrogen and oxygen atoms in total. The Bertz CT molecular complexity index is 699. The van der Waals surface area contributed by atoms with Crippen molar-refractivity contribution in [3.05, 3.63) is 24.3 Å². The molecule has 8 atom stereocenters. The standard InChI is InChI=1S/C30H50O2/c1-19-9-13-23-27(3,4)25(31)15-17-29(23,7)21(19)11-12-22-20(2)10-14-24-28(5,6)26(32)16-18-30(22,24)8/h21-26,31-32H,1-2,9-18H2,3-8H3. The van der Waals surface area contributed by atoms with Crippen molar-refractivity contribution < 1.29 is 10.2 Å². The smallest absolute Gasteiger partial charge is 0.0594 e. The van der Waals surface area contributed by atoms with Gasteiger partial charge in [-0.3, -0.25) is 0 Å². The second-order valence-corrected chi connectivity index (χ2v) is 13.9. The number of aliphatic hydroxyl groups is 2. The van der Waals surface area contributed by atoms with Crippen molar-refractivity contribution in [2.24, 2.45) is 45.3 Å². The molecule has 4 aliphatic carbocycles. The molecule has 0 bridgehead atoms. The third kappa shape index (κ3) is 3.49. The van der Waals surface area contributed by atoms with E-state index in [0.717, 1.165) is 38.5 Å². The summed E-state index contributed by atoms with van der Waals surface area (Å²) >= 11 is 0. The van der Waals surface area contributed by atoms with Crippen LogP contribution in [0.2, 0.25) is 0 Å².